The summed E-state index contributed by atoms with van der Waals surface area (Å²) in [5.41, 5.74) is 7.61. The van der Waals surface area contributed by atoms with Crippen LogP contribution in [0.25, 0.3) is 0 Å². The zero-order chi connectivity index (χ0) is 16.3. The first-order valence-electron chi connectivity index (χ1n) is 8.40. The maximum atomic E-state index is 12.7. The Bertz CT molecular complexity index is 575. The molecular weight excluding hydrogens is 320 g/mol. The number of anilines is 1. The molecule has 4 heteroatoms. The number of rotatable bonds is 9. The van der Waals surface area contributed by atoms with Crippen molar-refractivity contribution in [3.63, 3.8) is 0 Å². The molecule has 0 saturated carbocycles. The minimum absolute atomic E-state index is 0. The molecule has 0 spiro atoms. The minimum Gasteiger partial charge on any atom is -0.330 e. The maximum Gasteiger partial charge on any atom is 0.227 e. The van der Waals surface area contributed by atoms with Gasteiger partial charge in [-0.3, -0.25) is 4.79 Å². The van der Waals surface area contributed by atoms with Crippen LogP contribution in [0.3, 0.4) is 0 Å². The van der Waals surface area contributed by atoms with E-state index in [2.05, 4.69) is 12.1 Å². The molecule has 0 unspecified atom stereocenters. The molecule has 0 bridgehead atoms. The maximum absolute atomic E-state index is 12.7. The van der Waals surface area contributed by atoms with Gasteiger partial charge in [0.05, 0.1) is 6.54 Å². The quantitative estimate of drug-likeness (QED) is 0.677. The van der Waals surface area contributed by atoms with Gasteiger partial charge in [-0.25, -0.2) is 0 Å². The van der Waals surface area contributed by atoms with Gasteiger partial charge in [0.2, 0.25) is 5.91 Å². The number of carbonyl (C=O) groups is 1. The van der Waals surface area contributed by atoms with Crippen LogP contribution in [-0.2, 0) is 11.3 Å². The molecule has 0 aliphatic heterocycles. The molecular formula is C20H27ClN2O. The molecule has 2 aromatic rings. The third-order valence-electron chi connectivity index (χ3n) is 3.90. The zero-order valence-electron chi connectivity index (χ0n) is 14.1. The van der Waals surface area contributed by atoms with E-state index in [9.17, 15) is 4.79 Å². The summed E-state index contributed by atoms with van der Waals surface area (Å²) >= 11 is 0. The second-order valence-electron chi connectivity index (χ2n) is 5.75. The number of nitrogens with two attached hydrogens (primary N) is 1. The number of halogens is 1. The van der Waals surface area contributed by atoms with E-state index in [1.54, 1.807) is 0 Å². The average molecular weight is 347 g/mol. The summed E-state index contributed by atoms with van der Waals surface area (Å²) in [6, 6.07) is 20.0. The number of nitrogens with zero attached hydrogens (tertiary/aromatic N) is 1. The van der Waals surface area contributed by atoms with Crippen molar-refractivity contribution in [1.29, 1.82) is 0 Å². The summed E-state index contributed by atoms with van der Waals surface area (Å²) < 4.78 is 0. The Morgan fingerprint density at radius 3 is 2.04 bits per heavy atom. The fraction of sp³-hybridized carbons (Fsp3) is 0.350. The van der Waals surface area contributed by atoms with Crippen LogP contribution >= 0.6 is 12.4 Å². The monoisotopic (exact) mass is 346 g/mol. The van der Waals surface area contributed by atoms with Crippen molar-refractivity contribution in [2.45, 2.75) is 38.6 Å². The van der Waals surface area contributed by atoms with Crippen molar-refractivity contribution in [3.05, 3.63) is 66.2 Å². The van der Waals surface area contributed by atoms with Gasteiger partial charge in [-0.2, -0.15) is 0 Å². The van der Waals surface area contributed by atoms with Crippen LogP contribution in [0.4, 0.5) is 5.69 Å². The summed E-state index contributed by atoms with van der Waals surface area (Å²) in [5.74, 6) is 0.188. The number of unbranched alkanes of at least 4 members (excludes halogenated alkanes) is 3. The molecule has 0 aliphatic rings. The Morgan fingerprint density at radius 2 is 1.42 bits per heavy atom. The van der Waals surface area contributed by atoms with Crippen LogP contribution in [0.5, 0.6) is 0 Å². The van der Waals surface area contributed by atoms with Gasteiger partial charge in [0.15, 0.2) is 0 Å². The van der Waals surface area contributed by atoms with E-state index in [0.29, 0.717) is 13.0 Å². The lowest BCUT2D eigenvalue weighted by Gasteiger charge is -2.23. The van der Waals surface area contributed by atoms with Crippen molar-refractivity contribution in [1.82, 2.24) is 0 Å². The first kappa shape index (κ1) is 20.2. The summed E-state index contributed by atoms with van der Waals surface area (Å²) in [5, 5.41) is 0. The van der Waals surface area contributed by atoms with Crippen LogP contribution in [-0.4, -0.2) is 12.5 Å². The molecule has 2 aromatic carbocycles. The zero-order valence-corrected chi connectivity index (χ0v) is 14.9. The van der Waals surface area contributed by atoms with Crippen molar-refractivity contribution in [2.24, 2.45) is 5.73 Å². The molecule has 3 nitrogen and oxygen atoms in total. The number of hydrogen-bond donors (Lipinski definition) is 1. The van der Waals surface area contributed by atoms with Crippen molar-refractivity contribution < 1.29 is 4.79 Å². The van der Waals surface area contributed by atoms with Gasteiger partial charge in [-0.1, -0.05) is 61.4 Å². The van der Waals surface area contributed by atoms with E-state index in [1.165, 1.54) is 0 Å². The Hall–Kier alpha value is -1.84. The highest BCUT2D eigenvalue weighted by Gasteiger charge is 2.15. The van der Waals surface area contributed by atoms with Gasteiger partial charge < -0.3 is 10.6 Å². The fourth-order valence-corrected chi connectivity index (χ4v) is 2.61. The topological polar surface area (TPSA) is 46.3 Å². The number of carbonyl (C=O) groups excluding carboxylic acids is 1. The Kier molecular flexibility index (Phi) is 9.81. The summed E-state index contributed by atoms with van der Waals surface area (Å²) in [6.07, 6.45) is 4.73. The predicted octanol–water partition coefficient (Wildman–Crippen LogP) is 4.55. The van der Waals surface area contributed by atoms with Gasteiger partial charge in [0.25, 0.3) is 0 Å². The molecule has 0 aromatic heterocycles. The number of para-hydroxylation sites is 1. The van der Waals surface area contributed by atoms with Gasteiger partial charge in [-0.05, 0) is 37.1 Å². The summed E-state index contributed by atoms with van der Waals surface area (Å²) in [4.78, 5) is 14.6. The first-order valence-corrected chi connectivity index (χ1v) is 8.40. The third-order valence-corrected chi connectivity index (χ3v) is 3.90. The van der Waals surface area contributed by atoms with E-state index in [-0.39, 0.29) is 18.3 Å². The average Bonchev–Trinajstić information content (AvgIpc) is 2.61. The van der Waals surface area contributed by atoms with Gasteiger partial charge in [-0.15, -0.1) is 12.4 Å². The molecule has 1 amide bonds. The smallest absolute Gasteiger partial charge is 0.227 e. The molecule has 0 fully saturated rings. The van der Waals surface area contributed by atoms with Crippen molar-refractivity contribution in [3.8, 4) is 0 Å². The Morgan fingerprint density at radius 1 is 0.833 bits per heavy atom. The van der Waals surface area contributed by atoms with Crippen LogP contribution in [0.2, 0.25) is 0 Å². The summed E-state index contributed by atoms with van der Waals surface area (Å²) in [6.45, 7) is 1.35. The molecule has 2 rings (SSSR count). The Balaban J connectivity index is 0.00000288. The molecule has 0 atom stereocenters. The highest BCUT2D eigenvalue weighted by atomic mass is 35.5. The molecule has 0 heterocycles. The number of benzene rings is 2. The van der Waals surface area contributed by atoms with Gasteiger partial charge in [0, 0.05) is 12.1 Å². The van der Waals surface area contributed by atoms with Crippen molar-refractivity contribution >= 4 is 24.0 Å². The largest absolute Gasteiger partial charge is 0.330 e. The first-order chi connectivity index (χ1) is 11.3. The fourth-order valence-electron chi connectivity index (χ4n) is 2.61. The van der Waals surface area contributed by atoms with Crippen molar-refractivity contribution in [2.75, 3.05) is 11.4 Å². The van der Waals surface area contributed by atoms with Crippen LogP contribution < -0.4 is 10.6 Å². The standard InChI is InChI=1S/C20H26N2O.ClH/c21-16-10-2-1-9-15-20(23)22(19-13-7-4-8-14-19)17-18-11-5-3-6-12-18;/h3-8,11-14H,1-2,9-10,15-17,21H2;1H. The van der Waals surface area contributed by atoms with Crippen LogP contribution in [0.15, 0.2) is 60.7 Å². The van der Waals surface area contributed by atoms with Gasteiger partial charge in [0.1, 0.15) is 0 Å². The second-order valence-corrected chi connectivity index (χ2v) is 5.75. The van der Waals surface area contributed by atoms with Crippen LogP contribution in [0.1, 0.15) is 37.7 Å². The lowest BCUT2D eigenvalue weighted by molar-refractivity contribution is -0.118. The predicted molar refractivity (Wildman–Crippen MR) is 103 cm³/mol. The SMILES string of the molecule is Cl.NCCCCCCC(=O)N(Cc1ccccc1)c1ccccc1. The summed E-state index contributed by atoms with van der Waals surface area (Å²) in [7, 11) is 0. The molecule has 0 radical (unpaired) electrons. The molecule has 2 N–H and O–H groups in total. The van der Waals surface area contributed by atoms with Gasteiger partial charge >= 0.3 is 0 Å². The second kappa shape index (κ2) is 11.7. The third kappa shape index (κ3) is 6.73. The number of hydrogen-bond acceptors (Lipinski definition) is 2. The highest BCUT2D eigenvalue weighted by molar-refractivity contribution is 5.93. The van der Waals surface area contributed by atoms with E-state index in [0.717, 1.165) is 43.5 Å². The van der Waals surface area contributed by atoms with E-state index < -0.39 is 0 Å². The number of amides is 1. The lowest BCUT2D eigenvalue weighted by Crippen LogP contribution is -2.30. The Labute approximate surface area is 151 Å². The van der Waals surface area contributed by atoms with E-state index >= 15 is 0 Å². The molecule has 0 saturated heterocycles. The van der Waals surface area contributed by atoms with E-state index in [4.69, 9.17) is 5.73 Å². The molecule has 130 valence electrons. The molecule has 0 aliphatic carbocycles. The highest BCUT2D eigenvalue weighted by Crippen LogP contribution is 2.19. The normalized spacial score (nSPS) is 10.0. The lowest BCUT2D eigenvalue weighted by atomic mass is 10.1. The van der Waals surface area contributed by atoms with Crippen LogP contribution in [0, 0.1) is 0 Å². The molecule has 24 heavy (non-hydrogen) atoms. The van der Waals surface area contributed by atoms with E-state index in [1.807, 2.05) is 53.4 Å². The minimum atomic E-state index is 0.